The van der Waals surface area contributed by atoms with E-state index in [1.165, 1.54) is 12.3 Å². The first kappa shape index (κ1) is 16.2. The number of rotatable bonds is 6. The van der Waals surface area contributed by atoms with Crippen molar-refractivity contribution in [2.75, 3.05) is 7.11 Å². The lowest BCUT2D eigenvalue weighted by molar-refractivity contribution is 0.414. The lowest BCUT2D eigenvalue weighted by Gasteiger charge is -2.18. The molecule has 2 heterocycles. The van der Waals surface area contributed by atoms with Crippen LogP contribution < -0.4 is 9.46 Å². The Kier molecular flexibility index (Phi) is 4.64. The van der Waals surface area contributed by atoms with Gasteiger partial charge in [0.15, 0.2) is 5.03 Å². The summed E-state index contributed by atoms with van der Waals surface area (Å²) < 4.78 is 33.1. The summed E-state index contributed by atoms with van der Waals surface area (Å²) in [5.41, 5.74) is 1.53. The van der Waals surface area contributed by atoms with E-state index in [2.05, 4.69) is 14.7 Å². The van der Waals surface area contributed by atoms with Crippen molar-refractivity contribution >= 4 is 10.0 Å². The van der Waals surface area contributed by atoms with Crippen LogP contribution in [0.15, 0.2) is 72.0 Å². The Hall–Kier alpha value is -2.64. The van der Waals surface area contributed by atoms with E-state index in [0.717, 1.165) is 11.3 Å². The molecule has 2 N–H and O–H groups in total. The SMILES string of the molecule is COc1ccc(C(NS(=O)(=O)c2ccccn2)c2ccc[nH]2)cc1. The van der Waals surface area contributed by atoms with Crippen LogP contribution >= 0.6 is 0 Å². The van der Waals surface area contributed by atoms with Crippen LogP contribution in [-0.4, -0.2) is 25.5 Å². The van der Waals surface area contributed by atoms with Gasteiger partial charge in [-0.05, 0) is 42.0 Å². The maximum Gasteiger partial charge on any atom is 0.258 e. The molecule has 1 atom stereocenters. The highest BCUT2D eigenvalue weighted by molar-refractivity contribution is 7.89. The molecular formula is C17H17N3O3S. The molecule has 0 aliphatic heterocycles. The summed E-state index contributed by atoms with van der Waals surface area (Å²) in [6.45, 7) is 0. The molecule has 0 amide bonds. The van der Waals surface area contributed by atoms with Crippen LogP contribution in [0.2, 0.25) is 0 Å². The van der Waals surface area contributed by atoms with Crippen LogP contribution in [0.3, 0.4) is 0 Å². The van der Waals surface area contributed by atoms with E-state index in [1.807, 2.05) is 24.3 Å². The zero-order chi connectivity index (χ0) is 17.0. The lowest BCUT2D eigenvalue weighted by atomic mass is 10.1. The van der Waals surface area contributed by atoms with Gasteiger partial charge in [-0.3, -0.25) is 0 Å². The third kappa shape index (κ3) is 3.47. The Labute approximate surface area is 140 Å². The van der Waals surface area contributed by atoms with Crippen LogP contribution in [0.25, 0.3) is 0 Å². The van der Waals surface area contributed by atoms with Crippen LogP contribution in [0.5, 0.6) is 5.75 Å². The summed E-state index contributed by atoms with van der Waals surface area (Å²) in [5, 5.41) is -0.0185. The Bertz CT molecular complexity index is 877. The summed E-state index contributed by atoms with van der Waals surface area (Å²) in [4.78, 5) is 6.98. The highest BCUT2D eigenvalue weighted by atomic mass is 32.2. The zero-order valence-corrected chi connectivity index (χ0v) is 13.8. The van der Waals surface area contributed by atoms with Crippen LogP contribution in [-0.2, 0) is 10.0 Å². The molecule has 1 aromatic carbocycles. The minimum atomic E-state index is -3.76. The van der Waals surface area contributed by atoms with E-state index in [-0.39, 0.29) is 5.03 Å². The number of benzene rings is 1. The Morgan fingerprint density at radius 1 is 1.08 bits per heavy atom. The van der Waals surface area contributed by atoms with E-state index in [9.17, 15) is 8.42 Å². The third-order valence-corrected chi connectivity index (χ3v) is 4.91. The van der Waals surface area contributed by atoms with Crippen molar-refractivity contribution in [3.05, 3.63) is 78.2 Å². The van der Waals surface area contributed by atoms with E-state index >= 15 is 0 Å². The van der Waals surface area contributed by atoms with Crippen molar-refractivity contribution in [3.63, 3.8) is 0 Å². The first-order valence-corrected chi connectivity index (χ1v) is 8.79. The van der Waals surface area contributed by atoms with Crippen LogP contribution in [0.4, 0.5) is 0 Å². The van der Waals surface area contributed by atoms with Gasteiger partial charge in [-0.25, -0.2) is 13.4 Å². The molecule has 0 aliphatic rings. The van der Waals surface area contributed by atoms with Gasteiger partial charge in [-0.15, -0.1) is 0 Å². The minimum Gasteiger partial charge on any atom is -0.497 e. The number of pyridine rings is 1. The van der Waals surface area contributed by atoms with Crippen LogP contribution in [0.1, 0.15) is 17.3 Å². The van der Waals surface area contributed by atoms with Gasteiger partial charge in [0.2, 0.25) is 0 Å². The van der Waals surface area contributed by atoms with Gasteiger partial charge in [0.05, 0.1) is 13.2 Å². The molecular weight excluding hydrogens is 326 g/mol. The molecule has 0 saturated carbocycles. The zero-order valence-electron chi connectivity index (χ0n) is 13.0. The number of aromatic amines is 1. The minimum absolute atomic E-state index is 0.0185. The average molecular weight is 343 g/mol. The summed E-state index contributed by atoms with van der Waals surface area (Å²) in [7, 11) is -2.18. The number of ether oxygens (including phenoxy) is 1. The molecule has 3 rings (SSSR count). The summed E-state index contributed by atoms with van der Waals surface area (Å²) in [6, 6.07) is 15.1. The van der Waals surface area contributed by atoms with Gasteiger partial charge in [-0.2, -0.15) is 4.72 Å². The fraction of sp³-hybridized carbons (Fsp3) is 0.118. The molecule has 2 aromatic heterocycles. The van der Waals surface area contributed by atoms with E-state index in [4.69, 9.17) is 4.74 Å². The number of sulfonamides is 1. The summed E-state index contributed by atoms with van der Waals surface area (Å²) in [5.74, 6) is 0.705. The van der Waals surface area contributed by atoms with Gasteiger partial charge in [0.1, 0.15) is 5.75 Å². The number of nitrogens with zero attached hydrogens (tertiary/aromatic N) is 1. The van der Waals surface area contributed by atoms with Crippen molar-refractivity contribution in [1.29, 1.82) is 0 Å². The second-order valence-electron chi connectivity index (χ2n) is 5.12. The summed E-state index contributed by atoms with van der Waals surface area (Å²) >= 11 is 0. The van der Waals surface area contributed by atoms with Gasteiger partial charge < -0.3 is 9.72 Å². The van der Waals surface area contributed by atoms with Gasteiger partial charge in [0, 0.05) is 18.1 Å². The van der Waals surface area contributed by atoms with Crippen LogP contribution in [0, 0.1) is 0 Å². The number of H-pyrrole nitrogens is 1. The normalized spacial score (nSPS) is 12.7. The predicted molar refractivity (Wildman–Crippen MR) is 90.2 cm³/mol. The van der Waals surface area contributed by atoms with E-state index in [0.29, 0.717) is 5.75 Å². The van der Waals surface area contributed by atoms with Crippen molar-refractivity contribution in [2.45, 2.75) is 11.1 Å². The maximum absolute atomic E-state index is 12.6. The van der Waals surface area contributed by atoms with E-state index < -0.39 is 16.1 Å². The van der Waals surface area contributed by atoms with Gasteiger partial charge in [-0.1, -0.05) is 18.2 Å². The molecule has 1 unspecified atom stereocenters. The van der Waals surface area contributed by atoms with Gasteiger partial charge in [0.25, 0.3) is 10.0 Å². The fourth-order valence-electron chi connectivity index (χ4n) is 2.35. The quantitative estimate of drug-likeness (QED) is 0.720. The highest BCUT2D eigenvalue weighted by Crippen LogP contribution is 2.25. The first-order valence-electron chi connectivity index (χ1n) is 7.31. The molecule has 0 aliphatic carbocycles. The highest BCUT2D eigenvalue weighted by Gasteiger charge is 2.24. The molecule has 3 aromatic rings. The molecule has 6 nitrogen and oxygen atoms in total. The lowest BCUT2D eigenvalue weighted by Crippen LogP contribution is -2.30. The van der Waals surface area contributed by atoms with Crippen molar-refractivity contribution in [2.24, 2.45) is 0 Å². The Balaban J connectivity index is 1.97. The van der Waals surface area contributed by atoms with Crippen molar-refractivity contribution in [1.82, 2.24) is 14.7 Å². The predicted octanol–water partition coefficient (Wildman–Crippen LogP) is 2.49. The fourth-order valence-corrected chi connectivity index (χ4v) is 3.50. The van der Waals surface area contributed by atoms with Crippen molar-refractivity contribution in [3.8, 4) is 5.75 Å². The molecule has 0 saturated heterocycles. The number of aromatic nitrogens is 2. The topological polar surface area (TPSA) is 84.1 Å². The van der Waals surface area contributed by atoms with Gasteiger partial charge >= 0.3 is 0 Å². The monoisotopic (exact) mass is 343 g/mol. The standard InChI is InChI=1S/C17H17N3O3S/c1-23-14-9-7-13(8-10-14)17(15-5-4-12-18-15)20-24(21,22)16-6-2-3-11-19-16/h2-12,17-18,20H,1H3. The third-order valence-electron chi connectivity index (χ3n) is 3.57. The number of methoxy groups -OCH3 is 1. The Morgan fingerprint density at radius 2 is 1.88 bits per heavy atom. The van der Waals surface area contributed by atoms with Crippen molar-refractivity contribution < 1.29 is 13.2 Å². The molecule has 0 radical (unpaired) electrons. The number of hydrogen-bond acceptors (Lipinski definition) is 4. The molecule has 0 fully saturated rings. The molecule has 24 heavy (non-hydrogen) atoms. The molecule has 124 valence electrons. The molecule has 0 bridgehead atoms. The second kappa shape index (κ2) is 6.86. The largest absolute Gasteiger partial charge is 0.497 e. The molecule has 0 spiro atoms. The first-order chi connectivity index (χ1) is 11.6. The number of nitrogens with one attached hydrogen (secondary N) is 2. The summed E-state index contributed by atoms with van der Waals surface area (Å²) in [6.07, 6.45) is 3.20. The average Bonchev–Trinajstić information content (AvgIpc) is 3.15. The Morgan fingerprint density at radius 3 is 2.46 bits per heavy atom. The molecule has 7 heteroatoms. The smallest absolute Gasteiger partial charge is 0.258 e. The van der Waals surface area contributed by atoms with E-state index in [1.54, 1.807) is 37.6 Å². The number of hydrogen-bond donors (Lipinski definition) is 2. The second-order valence-corrected chi connectivity index (χ2v) is 6.78. The maximum atomic E-state index is 12.6.